The summed E-state index contributed by atoms with van der Waals surface area (Å²) >= 11 is 0. The minimum Gasteiger partial charge on any atom is -0.392 e. The molecule has 3 aromatic rings. The molecule has 0 spiro atoms. The lowest BCUT2D eigenvalue weighted by molar-refractivity contribution is 0.0952. The van der Waals surface area contributed by atoms with Crippen molar-refractivity contribution in [2.45, 2.75) is 32.5 Å². The van der Waals surface area contributed by atoms with Crippen LogP contribution in [-0.2, 0) is 13.1 Å². The number of β-amino-alcohol motifs (C(OH)–C–C–N with tert-alkyl or cyclic N) is 1. The number of carbonyl (C=O) groups is 1. The third-order valence-corrected chi connectivity index (χ3v) is 5.12. The van der Waals surface area contributed by atoms with Crippen LogP contribution < -0.4 is 5.32 Å². The van der Waals surface area contributed by atoms with Crippen molar-refractivity contribution < 1.29 is 9.90 Å². The fourth-order valence-electron chi connectivity index (χ4n) is 3.61. The number of aryl methyl sites for hydroxylation is 1. The number of aliphatic hydroxyl groups is 1. The van der Waals surface area contributed by atoms with Gasteiger partial charge in [-0.05, 0) is 42.2 Å². The molecule has 1 fully saturated rings. The summed E-state index contributed by atoms with van der Waals surface area (Å²) in [6.45, 7) is 4.87. The van der Waals surface area contributed by atoms with Gasteiger partial charge in [-0.2, -0.15) is 5.10 Å². The number of aliphatic hydroxyl groups excluding tert-OH is 1. The summed E-state index contributed by atoms with van der Waals surface area (Å²) in [5.74, 6) is -0.123. The third-order valence-electron chi connectivity index (χ3n) is 5.12. The maximum atomic E-state index is 12.7. The van der Waals surface area contributed by atoms with Crippen molar-refractivity contribution >= 4 is 11.4 Å². The number of hydrogen-bond donors (Lipinski definition) is 2. The molecule has 1 aromatic carbocycles. The number of likely N-dealkylation sites (tertiary alicyclic amines) is 1. The fraction of sp³-hybridized carbons (Fsp3) is 0.333. The van der Waals surface area contributed by atoms with Crippen LogP contribution in [0.15, 0.2) is 48.8 Å². The van der Waals surface area contributed by atoms with Crippen molar-refractivity contribution in [3.8, 4) is 0 Å². The number of fused-ring (bicyclic) bond motifs is 1. The molecule has 0 radical (unpaired) electrons. The van der Waals surface area contributed by atoms with Gasteiger partial charge < -0.3 is 10.4 Å². The van der Waals surface area contributed by atoms with E-state index in [0.29, 0.717) is 18.7 Å². The molecule has 6 nitrogen and oxygen atoms in total. The van der Waals surface area contributed by atoms with Crippen molar-refractivity contribution in [3.05, 3.63) is 71.0 Å². The van der Waals surface area contributed by atoms with E-state index in [0.717, 1.165) is 36.2 Å². The summed E-state index contributed by atoms with van der Waals surface area (Å²) in [5, 5.41) is 17.0. The van der Waals surface area contributed by atoms with E-state index in [1.165, 1.54) is 5.56 Å². The number of rotatable bonds is 5. The first-order chi connectivity index (χ1) is 13.1. The molecule has 0 saturated carbocycles. The van der Waals surface area contributed by atoms with E-state index in [1.54, 1.807) is 10.7 Å². The van der Waals surface area contributed by atoms with E-state index < -0.39 is 0 Å². The highest BCUT2D eigenvalue weighted by atomic mass is 16.3. The van der Waals surface area contributed by atoms with Gasteiger partial charge in [0.2, 0.25) is 0 Å². The van der Waals surface area contributed by atoms with E-state index >= 15 is 0 Å². The zero-order valence-corrected chi connectivity index (χ0v) is 15.4. The standard InChI is InChI=1S/C21H24N4O2/c1-15-6-9-25-20(10-15)19(12-23-25)21(27)22-11-16-4-2-3-5-17(16)13-24-8-7-18(26)14-24/h2-6,9-10,12,18,26H,7-8,11,13-14H2,1H3,(H,22,27). The van der Waals surface area contributed by atoms with Gasteiger partial charge in [0.1, 0.15) is 0 Å². The Labute approximate surface area is 158 Å². The van der Waals surface area contributed by atoms with Gasteiger partial charge in [-0.1, -0.05) is 24.3 Å². The molecule has 1 unspecified atom stereocenters. The Morgan fingerprint density at radius 3 is 2.89 bits per heavy atom. The van der Waals surface area contributed by atoms with E-state index in [9.17, 15) is 9.90 Å². The van der Waals surface area contributed by atoms with Crippen LogP contribution in [0, 0.1) is 6.92 Å². The van der Waals surface area contributed by atoms with Gasteiger partial charge in [-0.15, -0.1) is 0 Å². The quantitative estimate of drug-likeness (QED) is 0.728. The van der Waals surface area contributed by atoms with Gasteiger partial charge in [0.15, 0.2) is 0 Å². The zero-order chi connectivity index (χ0) is 18.8. The van der Waals surface area contributed by atoms with E-state index in [1.807, 2.05) is 43.5 Å². The third kappa shape index (κ3) is 3.86. The largest absolute Gasteiger partial charge is 0.392 e. The first-order valence-corrected chi connectivity index (χ1v) is 9.29. The molecule has 1 atom stereocenters. The van der Waals surface area contributed by atoms with Crippen LogP contribution in [0.5, 0.6) is 0 Å². The minimum atomic E-state index is -0.226. The first kappa shape index (κ1) is 17.7. The highest BCUT2D eigenvalue weighted by molar-refractivity contribution is 6.00. The topological polar surface area (TPSA) is 69.9 Å². The Morgan fingerprint density at radius 2 is 2.11 bits per heavy atom. The molecule has 140 valence electrons. The second kappa shape index (κ2) is 7.50. The Morgan fingerprint density at radius 1 is 1.30 bits per heavy atom. The summed E-state index contributed by atoms with van der Waals surface area (Å²) in [7, 11) is 0. The number of nitrogens with one attached hydrogen (secondary N) is 1. The monoisotopic (exact) mass is 364 g/mol. The minimum absolute atomic E-state index is 0.123. The molecular formula is C21H24N4O2. The highest BCUT2D eigenvalue weighted by Crippen LogP contribution is 2.17. The Kier molecular flexibility index (Phi) is 4.92. The lowest BCUT2D eigenvalue weighted by Crippen LogP contribution is -2.25. The van der Waals surface area contributed by atoms with Crippen molar-refractivity contribution in [2.75, 3.05) is 13.1 Å². The van der Waals surface area contributed by atoms with Gasteiger partial charge in [0.25, 0.3) is 5.91 Å². The average molecular weight is 364 g/mol. The van der Waals surface area contributed by atoms with Gasteiger partial charge in [-0.3, -0.25) is 9.69 Å². The molecule has 1 amide bonds. The molecular weight excluding hydrogens is 340 g/mol. The molecule has 1 aliphatic heterocycles. The fourth-order valence-corrected chi connectivity index (χ4v) is 3.61. The van der Waals surface area contributed by atoms with Crippen LogP contribution in [0.2, 0.25) is 0 Å². The molecule has 2 N–H and O–H groups in total. The van der Waals surface area contributed by atoms with Gasteiger partial charge in [0, 0.05) is 32.4 Å². The van der Waals surface area contributed by atoms with Crippen molar-refractivity contribution in [3.63, 3.8) is 0 Å². The van der Waals surface area contributed by atoms with Gasteiger partial charge in [-0.25, -0.2) is 4.52 Å². The number of benzene rings is 1. The number of pyridine rings is 1. The van der Waals surface area contributed by atoms with Crippen LogP contribution in [0.25, 0.3) is 5.52 Å². The van der Waals surface area contributed by atoms with Crippen molar-refractivity contribution in [2.24, 2.45) is 0 Å². The van der Waals surface area contributed by atoms with Crippen molar-refractivity contribution in [1.82, 2.24) is 19.8 Å². The molecule has 0 aliphatic carbocycles. The van der Waals surface area contributed by atoms with Crippen LogP contribution in [0.3, 0.4) is 0 Å². The Bertz CT molecular complexity index is 966. The van der Waals surface area contributed by atoms with Crippen LogP contribution in [-0.4, -0.2) is 44.7 Å². The molecule has 4 rings (SSSR count). The lowest BCUT2D eigenvalue weighted by atomic mass is 10.1. The normalized spacial score (nSPS) is 17.5. The summed E-state index contributed by atoms with van der Waals surface area (Å²) in [4.78, 5) is 14.9. The molecule has 0 bridgehead atoms. The smallest absolute Gasteiger partial charge is 0.255 e. The molecule has 1 aliphatic rings. The second-order valence-electron chi connectivity index (χ2n) is 7.22. The summed E-state index contributed by atoms with van der Waals surface area (Å²) in [6.07, 6.45) is 4.08. The van der Waals surface area contributed by atoms with Gasteiger partial charge in [0.05, 0.1) is 23.4 Å². The maximum Gasteiger partial charge on any atom is 0.255 e. The number of amides is 1. The van der Waals surface area contributed by atoms with Crippen LogP contribution in [0.1, 0.15) is 33.5 Å². The summed E-state index contributed by atoms with van der Waals surface area (Å²) in [5.41, 5.74) is 4.77. The van der Waals surface area contributed by atoms with Crippen LogP contribution in [0.4, 0.5) is 0 Å². The molecule has 1 saturated heterocycles. The average Bonchev–Trinajstić information content (AvgIpc) is 3.26. The molecule has 2 aromatic heterocycles. The van der Waals surface area contributed by atoms with E-state index in [-0.39, 0.29) is 12.0 Å². The Hall–Kier alpha value is -2.70. The van der Waals surface area contributed by atoms with E-state index in [4.69, 9.17) is 0 Å². The van der Waals surface area contributed by atoms with Crippen LogP contribution >= 0.6 is 0 Å². The second-order valence-corrected chi connectivity index (χ2v) is 7.22. The predicted molar refractivity (Wildman–Crippen MR) is 103 cm³/mol. The maximum absolute atomic E-state index is 12.7. The lowest BCUT2D eigenvalue weighted by Gasteiger charge is -2.18. The number of aromatic nitrogens is 2. The highest BCUT2D eigenvalue weighted by Gasteiger charge is 2.21. The summed E-state index contributed by atoms with van der Waals surface area (Å²) < 4.78 is 1.72. The SMILES string of the molecule is Cc1ccn2ncc(C(=O)NCc3ccccc3CN3CCC(O)C3)c2c1. The van der Waals surface area contributed by atoms with E-state index in [2.05, 4.69) is 21.4 Å². The number of nitrogens with zero attached hydrogens (tertiary/aromatic N) is 3. The molecule has 27 heavy (non-hydrogen) atoms. The number of carbonyl (C=O) groups excluding carboxylic acids is 1. The number of hydrogen-bond acceptors (Lipinski definition) is 4. The predicted octanol–water partition coefficient (Wildman–Crippen LogP) is 2.14. The summed E-state index contributed by atoms with van der Waals surface area (Å²) in [6, 6.07) is 12.1. The first-order valence-electron chi connectivity index (χ1n) is 9.29. The molecule has 3 heterocycles. The Balaban J connectivity index is 1.46. The van der Waals surface area contributed by atoms with Gasteiger partial charge >= 0.3 is 0 Å². The zero-order valence-electron chi connectivity index (χ0n) is 15.4. The van der Waals surface area contributed by atoms with Crippen molar-refractivity contribution in [1.29, 1.82) is 0 Å². The molecule has 6 heteroatoms.